The summed E-state index contributed by atoms with van der Waals surface area (Å²) >= 11 is 11.6. The first-order valence-corrected chi connectivity index (χ1v) is 6.33. The van der Waals surface area contributed by atoms with Crippen molar-refractivity contribution in [3.05, 3.63) is 63.6 Å². The van der Waals surface area contributed by atoms with Gasteiger partial charge in [0.15, 0.2) is 0 Å². The van der Waals surface area contributed by atoms with Crippen molar-refractivity contribution in [2.24, 2.45) is 0 Å². The second kappa shape index (κ2) is 5.95. The molecule has 0 atom stereocenters. The third-order valence-corrected chi connectivity index (χ3v) is 3.28. The lowest BCUT2D eigenvalue weighted by Crippen LogP contribution is -2.22. The molecule has 0 spiro atoms. The van der Waals surface area contributed by atoms with Gasteiger partial charge in [0.1, 0.15) is 5.75 Å². The lowest BCUT2D eigenvalue weighted by atomic mass is 10.2. The van der Waals surface area contributed by atoms with E-state index in [1.807, 2.05) is 6.07 Å². The third kappa shape index (κ3) is 3.63. The molecule has 19 heavy (non-hydrogen) atoms. The molecule has 0 heterocycles. The van der Waals surface area contributed by atoms with Crippen LogP contribution in [0, 0.1) is 0 Å². The number of hydrogen-bond donors (Lipinski definition) is 2. The summed E-state index contributed by atoms with van der Waals surface area (Å²) in [5.74, 6) is -0.0804. The maximum atomic E-state index is 11.9. The standard InChI is InChI=1S/C14H11Cl2NO2/c15-12-5-4-10(7-13(12)16)14(19)17-8-9-2-1-3-11(18)6-9/h1-7,18H,8H2,(H,17,19). The van der Waals surface area contributed by atoms with Crippen molar-refractivity contribution in [1.29, 1.82) is 0 Å². The number of nitrogens with one attached hydrogen (secondary N) is 1. The molecule has 2 aromatic carbocycles. The van der Waals surface area contributed by atoms with E-state index in [0.717, 1.165) is 5.56 Å². The monoisotopic (exact) mass is 295 g/mol. The Bertz CT molecular complexity index is 614. The SMILES string of the molecule is O=C(NCc1cccc(O)c1)c1ccc(Cl)c(Cl)c1. The van der Waals surface area contributed by atoms with E-state index in [0.29, 0.717) is 22.2 Å². The summed E-state index contributed by atoms with van der Waals surface area (Å²) in [6, 6.07) is 11.4. The van der Waals surface area contributed by atoms with Gasteiger partial charge in [-0.1, -0.05) is 35.3 Å². The molecule has 0 aromatic heterocycles. The molecule has 0 fully saturated rings. The van der Waals surface area contributed by atoms with Gasteiger partial charge < -0.3 is 10.4 Å². The van der Waals surface area contributed by atoms with Crippen LogP contribution in [0.15, 0.2) is 42.5 Å². The maximum Gasteiger partial charge on any atom is 0.251 e. The van der Waals surface area contributed by atoms with E-state index in [1.165, 1.54) is 6.07 Å². The summed E-state index contributed by atoms with van der Waals surface area (Å²) in [6.45, 7) is 0.327. The van der Waals surface area contributed by atoms with Gasteiger partial charge in [0.25, 0.3) is 5.91 Å². The number of aromatic hydroxyl groups is 1. The topological polar surface area (TPSA) is 49.3 Å². The summed E-state index contributed by atoms with van der Waals surface area (Å²) in [5.41, 5.74) is 1.25. The van der Waals surface area contributed by atoms with E-state index in [2.05, 4.69) is 5.32 Å². The van der Waals surface area contributed by atoms with Gasteiger partial charge >= 0.3 is 0 Å². The van der Waals surface area contributed by atoms with Crippen LogP contribution in [0.5, 0.6) is 5.75 Å². The Balaban J connectivity index is 2.03. The highest BCUT2D eigenvalue weighted by Crippen LogP contribution is 2.22. The van der Waals surface area contributed by atoms with Gasteiger partial charge in [0, 0.05) is 12.1 Å². The lowest BCUT2D eigenvalue weighted by Gasteiger charge is -2.06. The van der Waals surface area contributed by atoms with E-state index >= 15 is 0 Å². The fourth-order valence-corrected chi connectivity index (χ4v) is 1.89. The highest BCUT2D eigenvalue weighted by Gasteiger charge is 2.07. The molecule has 2 aromatic rings. The average molecular weight is 296 g/mol. The number of carbonyl (C=O) groups is 1. The van der Waals surface area contributed by atoms with Crippen LogP contribution in [0.3, 0.4) is 0 Å². The molecule has 3 nitrogen and oxygen atoms in total. The highest BCUT2D eigenvalue weighted by atomic mass is 35.5. The highest BCUT2D eigenvalue weighted by molar-refractivity contribution is 6.42. The summed E-state index contributed by atoms with van der Waals surface area (Å²) in [6.07, 6.45) is 0. The summed E-state index contributed by atoms with van der Waals surface area (Å²) < 4.78 is 0. The van der Waals surface area contributed by atoms with E-state index in [-0.39, 0.29) is 11.7 Å². The second-order valence-corrected chi connectivity index (χ2v) is 4.80. The second-order valence-electron chi connectivity index (χ2n) is 3.98. The number of amides is 1. The zero-order chi connectivity index (χ0) is 13.8. The Morgan fingerprint density at radius 2 is 1.89 bits per heavy atom. The van der Waals surface area contributed by atoms with Crippen molar-refractivity contribution in [1.82, 2.24) is 5.32 Å². The predicted molar refractivity (Wildman–Crippen MR) is 75.7 cm³/mol. The van der Waals surface area contributed by atoms with Gasteiger partial charge in [-0.25, -0.2) is 0 Å². The Labute approximate surface area is 120 Å². The molecule has 0 saturated heterocycles. The average Bonchev–Trinajstić information content (AvgIpc) is 2.39. The van der Waals surface area contributed by atoms with Gasteiger partial charge in [-0.3, -0.25) is 4.79 Å². The maximum absolute atomic E-state index is 11.9. The largest absolute Gasteiger partial charge is 0.508 e. The van der Waals surface area contributed by atoms with Crippen molar-refractivity contribution in [2.45, 2.75) is 6.54 Å². The number of halogens is 2. The summed E-state index contributed by atoms with van der Waals surface area (Å²) in [5, 5.41) is 12.8. The normalized spacial score (nSPS) is 10.2. The Kier molecular flexibility index (Phi) is 4.30. The Hall–Kier alpha value is -1.71. The van der Waals surface area contributed by atoms with Crippen LogP contribution in [0.25, 0.3) is 0 Å². The summed E-state index contributed by atoms with van der Waals surface area (Å²) in [7, 11) is 0. The fourth-order valence-electron chi connectivity index (χ4n) is 1.59. The van der Waals surface area contributed by atoms with Gasteiger partial charge in [0.2, 0.25) is 0 Å². The van der Waals surface area contributed by atoms with Crippen LogP contribution in [0.1, 0.15) is 15.9 Å². The quantitative estimate of drug-likeness (QED) is 0.908. The molecule has 0 saturated carbocycles. The molecule has 5 heteroatoms. The lowest BCUT2D eigenvalue weighted by molar-refractivity contribution is 0.0951. The van der Waals surface area contributed by atoms with Crippen molar-refractivity contribution < 1.29 is 9.90 Å². The van der Waals surface area contributed by atoms with Crippen molar-refractivity contribution >= 4 is 29.1 Å². The molecule has 0 unspecified atom stereocenters. The minimum Gasteiger partial charge on any atom is -0.508 e. The smallest absolute Gasteiger partial charge is 0.251 e. The number of phenols is 1. The molecule has 0 radical (unpaired) electrons. The fraction of sp³-hybridized carbons (Fsp3) is 0.0714. The molecule has 0 aliphatic rings. The minimum atomic E-state index is -0.248. The Morgan fingerprint density at radius 1 is 1.11 bits per heavy atom. The van der Waals surface area contributed by atoms with Crippen LogP contribution in [0.4, 0.5) is 0 Å². The van der Waals surface area contributed by atoms with Crippen LogP contribution >= 0.6 is 23.2 Å². The first-order chi connectivity index (χ1) is 9.06. The minimum absolute atomic E-state index is 0.168. The van der Waals surface area contributed by atoms with Gasteiger partial charge in [0.05, 0.1) is 10.0 Å². The van der Waals surface area contributed by atoms with E-state index in [1.54, 1.807) is 30.3 Å². The number of hydrogen-bond acceptors (Lipinski definition) is 2. The van der Waals surface area contributed by atoms with Crippen LogP contribution in [-0.2, 0) is 6.54 Å². The van der Waals surface area contributed by atoms with Crippen molar-refractivity contribution in [3.63, 3.8) is 0 Å². The van der Waals surface area contributed by atoms with Crippen LogP contribution in [-0.4, -0.2) is 11.0 Å². The molecule has 0 aliphatic carbocycles. The molecule has 98 valence electrons. The Morgan fingerprint density at radius 3 is 2.58 bits per heavy atom. The zero-order valence-corrected chi connectivity index (χ0v) is 11.4. The predicted octanol–water partition coefficient (Wildman–Crippen LogP) is 3.63. The van der Waals surface area contributed by atoms with Gasteiger partial charge in [-0.15, -0.1) is 0 Å². The first kappa shape index (κ1) is 13.7. The number of benzene rings is 2. The van der Waals surface area contributed by atoms with E-state index < -0.39 is 0 Å². The molecule has 0 bridgehead atoms. The van der Waals surface area contributed by atoms with Crippen LogP contribution in [0.2, 0.25) is 10.0 Å². The molecule has 2 rings (SSSR count). The number of rotatable bonds is 3. The third-order valence-electron chi connectivity index (χ3n) is 2.55. The molecule has 1 amide bonds. The van der Waals surface area contributed by atoms with Crippen molar-refractivity contribution in [2.75, 3.05) is 0 Å². The van der Waals surface area contributed by atoms with Crippen LogP contribution < -0.4 is 5.32 Å². The molecular weight excluding hydrogens is 285 g/mol. The molecular formula is C14H11Cl2NO2. The van der Waals surface area contributed by atoms with E-state index in [4.69, 9.17) is 23.2 Å². The zero-order valence-electron chi connectivity index (χ0n) is 9.86. The first-order valence-electron chi connectivity index (χ1n) is 5.57. The molecule has 2 N–H and O–H groups in total. The molecule has 0 aliphatic heterocycles. The van der Waals surface area contributed by atoms with Gasteiger partial charge in [-0.2, -0.15) is 0 Å². The number of carbonyl (C=O) groups excluding carboxylic acids is 1. The summed E-state index contributed by atoms with van der Waals surface area (Å²) in [4.78, 5) is 11.9. The van der Waals surface area contributed by atoms with E-state index in [9.17, 15) is 9.90 Å². The van der Waals surface area contributed by atoms with Gasteiger partial charge in [-0.05, 0) is 35.9 Å². The number of phenolic OH excluding ortho intramolecular Hbond substituents is 1. The van der Waals surface area contributed by atoms with Crippen molar-refractivity contribution in [3.8, 4) is 5.75 Å².